The number of halogens is 3. The average Bonchev–Trinajstić information content (AvgIpc) is 2.37. The number of rotatable bonds is 3. The van der Waals surface area contributed by atoms with Crippen LogP contribution in [0.1, 0.15) is 31.9 Å². The number of anilines is 1. The molecule has 1 N–H and O–H groups in total. The molecule has 0 saturated carbocycles. The summed E-state index contributed by atoms with van der Waals surface area (Å²) in [5.74, 6) is -1.37. The molecular weight excluding hydrogens is 292 g/mol. The lowest BCUT2D eigenvalue weighted by atomic mass is 9.87. The van der Waals surface area contributed by atoms with Crippen molar-refractivity contribution in [2.75, 3.05) is 5.32 Å². The number of hydrogen-bond acceptors (Lipinski definition) is 1. The Labute approximate surface area is 128 Å². The largest absolute Gasteiger partial charge is 0.377 e. The van der Waals surface area contributed by atoms with Crippen molar-refractivity contribution in [1.29, 1.82) is 0 Å². The molecule has 1 nitrogen and oxygen atoms in total. The van der Waals surface area contributed by atoms with Crippen LogP contribution in [-0.2, 0) is 12.0 Å². The predicted molar refractivity (Wildman–Crippen MR) is 83.8 cm³/mol. The van der Waals surface area contributed by atoms with Crippen LogP contribution in [0.4, 0.5) is 14.5 Å². The van der Waals surface area contributed by atoms with E-state index in [1.165, 1.54) is 5.56 Å². The summed E-state index contributed by atoms with van der Waals surface area (Å²) in [5, 5.41) is 2.95. The molecule has 0 spiro atoms. The van der Waals surface area contributed by atoms with E-state index in [4.69, 9.17) is 11.6 Å². The van der Waals surface area contributed by atoms with Crippen LogP contribution in [0, 0.1) is 11.6 Å². The zero-order chi connectivity index (χ0) is 15.6. The van der Waals surface area contributed by atoms with E-state index in [-0.39, 0.29) is 16.1 Å². The number of nitrogens with one attached hydrogen (secondary N) is 1. The maximum Gasteiger partial charge on any atom is 0.150 e. The number of hydrogen-bond donors (Lipinski definition) is 1. The van der Waals surface area contributed by atoms with Gasteiger partial charge in [0.1, 0.15) is 5.82 Å². The molecule has 2 aromatic rings. The first kappa shape index (κ1) is 15.8. The fourth-order valence-electron chi connectivity index (χ4n) is 2.02. The highest BCUT2D eigenvalue weighted by atomic mass is 35.5. The van der Waals surface area contributed by atoms with Crippen LogP contribution in [0.3, 0.4) is 0 Å². The minimum absolute atomic E-state index is 0.0406. The highest BCUT2D eigenvalue weighted by Crippen LogP contribution is 2.27. The highest BCUT2D eigenvalue weighted by Gasteiger charge is 2.13. The van der Waals surface area contributed by atoms with E-state index in [1.807, 2.05) is 12.1 Å². The van der Waals surface area contributed by atoms with Gasteiger partial charge in [0.05, 0.1) is 10.7 Å². The van der Waals surface area contributed by atoms with Crippen molar-refractivity contribution in [1.82, 2.24) is 0 Å². The van der Waals surface area contributed by atoms with Crippen LogP contribution >= 0.6 is 11.6 Å². The molecule has 0 heterocycles. The van der Waals surface area contributed by atoms with Crippen molar-refractivity contribution in [2.24, 2.45) is 0 Å². The van der Waals surface area contributed by atoms with E-state index in [0.717, 1.165) is 17.7 Å². The Morgan fingerprint density at radius 1 is 1.05 bits per heavy atom. The van der Waals surface area contributed by atoms with E-state index < -0.39 is 11.6 Å². The molecule has 2 aromatic carbocycles. The fourth-order valence-corrected chi connectivity index (χ4v) is 2.29. The molecule has 0 aliphatic heterocycles. The molecule has 0 bridgehead atoms. The second kappa shape index (κ2) is 6.02. The molecule has 0 fully saturated rings. The Morgan fingerprint density at radius 2 is 1.67 bits per heavy atom. The first-order valence-corrected chi connectivity index (χ1v) is 7.13. The summed E-state index contributed by atoms with van der Waals surface area (Å²) in [6.07, 6.45) is 0. The third-order valence-electron chi connectivity index (χ3n) is 3.30. The fraction of sp³-hybridized carbons (Fsp3) is 0.294. The van der Waals surface area contributed by atoms with Crippen LogP contribution in [0.15, 0.2) is 36.4 Å². The summed E-state index contributed by atoms with van der Waals surface area (Å²) < 4.78 is 26.6. The second-order valence-corrected chi connectivity index (χ2v) is 6.45. The zero-order valence-electron chi connectivity index (χ0n) is 12.3. The molecular formula is C17H18ClF2N. The lowest BCUT2D eigenvalue weighted by molar-refractivity contribution is 0.585. The third kappa shape index (κ3) is 3.94. The van der Waals surface area contributed by atoms with Crippen molar-refractivity contribution < 1.29 is 8.78 Å². The molecule has 4 heteroatoms. The lowest BCUT2D eigenvalue weighted by Gasteiger charge is -2.19. The van der Waals surface area contributed by atoms with Gasteiger partial charge in [-0.3, -0.25) is 0 Å². The van der Waals surface area contributed by atoms with Gasteiger partial charge >= 0.3 is 0 Å². The summed E-state index contributed by atoms with van der Waals surface area (Å²) in [6.45, 7) is 6.86. The van der Waals surface area contributed by atoms with Crippen LogP contribution in [0.5, 0.6) is 0 Å². The summed E-state index contributed by atoms with van der Waals surface area (Å²) >= 11 is 5.84. The zero-order valence-corrected chi connectivity index (χ0v) is 13.1. The summed E-state index contributed by atoms with van der Waals surface area (Å²) in [6, 6.07) is 10.00. The van der Waals surface area contributed by atoms with Crippen molar-refractivity contribution >= 4 is 17.3 Å². The summed E-state index contributed by atoms with van der Waals surface area (Å²) in [7, 11) is 0. The lowest BCUT2D eigenvalue weighted by Crippen LogP contribution is -2.11. The van der Waals surface area contributed by atoms with E-state index >= 15 is 0 Å². The molecule has 0 aliphatic carbocycles. The number of benzene rings is 2. The van der Waals surface area contributed by atoms with Gasteiger partial charge in [0.25, 0.3) is 0 Å². The molecule has 0 aromatic heterocycles. The normalized spacial score (nSPS) is 11.5. The molecule has 0 aliphatic rings. The van der Waals surface area contributed by atoms with Crippen molar-refractivity contribution in [3.8, 4) is 0 Å². The maximum absolute atomic E-state index is 13.6. The van der Waals surface area contributed by atoms with Crippen LogP contribution in [-0.4, -0.2) is 0 Å². The van der Waals surface area contributed by atoms with E-state index in [0.29, 0.717) is 6.54 Å². The predicted octanol–water partition coefficient (Wildman–Crippen LogP) is 5.53. The van der Waals surface area contributed by atoms with Gasteiger partial charge in [-0.05, 0) is 22.6 Å². The van der Waals surface area contributed by atoms with E-state index in [1.54, 1.807) is 0 Å². The quantitative estimate of drug-likeness (QED) is 0.786. The molecule has 21 heavy (non-hydrogen) atoms. The van der Waals surface area contributed by atoms with Gasteiger partial charge < -0.3 is 5.32 Å². The molecule has 0 atom stereocenters. The Kier molecular flexibility index (Phi) is 4.52. The second-order valence-electron chi connectivity index (χ2n) is 6.04. The Hall–Kier alpha value is -1.61. The van der Waals surface area contributed by atoms with Gasteiger partial charge in [0.15, 0.2) is 5.82 Å². The van der Waals surface area contributed by atoms with Gasteiger partial charge in [-0.25, -0.2) is 8.78 Å². The maximum atomic E-state index is 13.6. The van der Waals surface area contributed by atoms with Gasteiger partial charge in [-0.2, -0.15) is 0 Å². The van der Waals surface area contributed by atoms with E-state index in [9.17, 15) is 8.78 Å². The SMILES string of the molecule is CC(C)(C)c1ccc(CNc2c(F)cc(F)cc2Cl)cc1. The van der Waals surface area contributed by atoms with Gasteiger partial charge in [0, 0.05) is 12.6 Å². The van der Waals surface area contributed by atoms with Gasteiger partial charge in [0.2, 0.25) is 0 Å². The Balaban J connectivity index is 2.10. The standard InChI is InChI=1S/C17H18ClF2N/c1-17(2,3)12-6-4-11(5-7-12)10-21-16-14(18)8-13(19)9-15(16)20/h4-9,21H,10H2,1-3H3. The van der Waals surface area contributed by atoms with Crippen molar-refractivity contribution in [2.45, 2.75) is 32.7 Å². The molecule has 2 rings (SSSR count). The third-order valence-corrected chi connectivity index (χ3v) is 3.59. The van der Waals surface area contributed by atoms with Crippen LogP contribution in [0.25, 0.3) is 0 Å². The minimum atomic E-state index is -0.689. The monoisotopic (exact) mass is 309 g/mol. The first-order valence-electron chi connectivity index (χ1n) is 6.75. The molecule has 0 unspecified atom stereocenters. The Morgan fingerprint density at radius 3 is 2.19 bits per heavy atom. The summed E-state index contributed by atoms with van der Waals surface area (Å²) in [5.41, 5.74) is 2.45. The average molecular weight is 310 g/mol. The highest BCUT2D eigenvalue weighted by molar-refractivity contribution is 6.33. The van der Waals surface area contributed by atoms with Crippen molar-refractivity contribution in [3.05, 3.63) is 64.2 Å². The minimum Gasteiger partial charge on any atom is -0.377 e. The molecule has 0 radical (unpaired) electrons. The molecule has 0 saturated heterocycles. The molecule has 0 amide bonds. The van der Waals surface area contributed by atoms with Crippen LogP contribution in [0.2, 0.25) is 5.02 Å². The van der Waals surface area contributed by atoms with Crippen molar-refractivity contribution in [3.63, 3.8) is 0 Å². The van der Waals surface area contributed by atoms with E-state index in [2.05, 4.69) is 38.2 Å². The van der Waals surface area contributed by atoms with Gasteiger partial charge in [-0.15, -0.1) is 0 Å². The summed E-state index contributed by atoms with van der Waals surface area (Å²) in [4.78, 5) is 0. The first-order chi connectivity index (χ1) is 9.77. The Bertz CT molecular complexity index is 607. The molecule has 112 valence electrons. The van der Waals surface area contributed by atoms with Gasteiger partial charge in [-0.1, -0.05) is 56.6 Å². The topological polar surface area (TPSA) is 12.0 Å². The smallest absolute Gasteiger partial charge is 0.150 e. The van der Waals surface area contributed by atoms with Crippen LogP contribution < -0.4 is 5.32 Å².